The molecule has 0 radical (unpaired) electrons. The van der Waals surface area contributed by atoms with Gasteiger partial charge < -0.3 is 9.80 Å². The molecule has 3 heteroatoms. The van der Waals surface area contributed by atoms with Gasteiger partial charge in [0.1, 0.15) is 0 Å². The molecule has 0 aliphatic carbocycles. The van der Waals surface area contributed by atoms with E-state index in [0.29, 0.717) is 0 Å². The fraction of sp³-hybridized carbons (Fsp3) is 0.122. The van der Waals surface area contributed by atoms with Crippen LogP contribution in [-0.4, -0.2) is 6.71 Å². The summed E-state index contributed by atoms with van der Waals surface area (Å²) in [6.45, 7) is 9.13. The average Bonchev–Trinajstić information content (AvgIpc) is 3.16. The first kappa shape index (κ1) is 25.5. The summed E-state index contributed by atoms with van der Waals surface area (Å²) >= 11 is 0. The molecule has 0 atom stereocenters. The summed E-state index contributed by atoms with van der Waals surface area (Å²) in [6, 6.07) is 47.9. The maximum Gasteiger partial charge on any atom is 0.253 e. The molecule has 0 unspecified atom stereocenters. The normalized spacial score (nSPS) is 13.8. The number of fused-ring (bicyclic) bond motifs is 3. The summed E-state index contributed by atoms with van der Waals surface area (Å²) < 4.78 is 0. The molecule has 6 aromatic rings. The summed E-state index contributed by atoms with van der Waals surface area (Å²) in [6.07, 6.45) is 0. The van der Waals surface area contributed by atoms with Gasteiger partial charge in [-0.15, -0.1) is 0 Å². The maximum absolute atomic E-state index is 2.51. The van der Waals surface area contributed by atoms with Gasteiger partial charge in [0, 0.05) is 34.1 Å². The Balaban J connectivity index is 1.42. The Bertz CT molecular complexity index is 2120. The van der Waals surface area contributed by atoms with Crippen LogP contribution in [0.4, 0.5) is 34.1 Å². The lowest BCUT2D eigenvalue weighted by Crippen LogP contribution is -2.61. The van der Waals surface area contributed by atoms with E-state index in [1.165, 1.54) is 83.9 Å². The molecule has 0 N–H and O–H groups in total. The number of benzene rings is 6. The Morgan fingerprint density at radius 3 is 1.32 bits per heavy atom. The Morgan fingerprint density at radius 1 is 0.432 bits per heavy atom. The van der Waals surface area contributed by atoms with Crippen molar-refractivity contribution in [3.63, 3.8) is 0 Å². The van der Waals surface area contributed by atoms with Crippen LogP contribution in [0.1, 0.15) is 31.9 Å². The highest BCUT2D eigenvalue weighted by Crippen LogP contribution is 2.48. The number of anilines is 6. The molecular weight excluding hydrogens is 531 g/mol. The molecule has 0 fully saturated rings. The molecule has 0 bridgehead atoms. The number of hydrogen-bond acceptors (Lipinski definition) is 2. The smallest absolute Gasteiger partial charge is 0.253 e. The fourth-order valence-corrected chi connectivity index (χ4v) is 7.81. The second-order valence-corrected chi connectivity index (χ2v) is 13.5. The highest BCUT2D eigenvalue weighted by Gasteiger charge is 2.46. The first-order valence-electron chi connectivity index (χ1n) is 15.7. The summed E-state index contributed by atoms with van der Waals surface area (Å²) in [5, 5.41) is 0. The summed E-state index contributed by atoms with van der Waals surface area (Å²) in [7, 11) is 0. The van der Waals surface area contributed by atoms with Crippen molar-refractivity contribution in [1.82, 2.24) is 0 Å². The molecular formula is C41H33BN2. The molecule has 44 heavy (non-hydrogen) atoms. The van der Waals surface area contributed by atoms with E-state index in [0.717, 1.165) is 0 Å². The van der Waals surface area contributed by atoms with Crippen molar-refractivity contribution in [2.45, 2.75) is 33.1 Å². The quantitative estimate of drug-likeness (QED) is 0.193. The van der Waals surface area contributed by atoms with Crippen LogP contribution in [0.25, 0.3) is 22.3 Å². The molecule has 3 heterocycles. The van der Waals surface area contributed by atoms with E-state index in [4.69, 9.17) is 0 Å². The molecule has 9 rings (SSSR count). The Kier molecular flexibility index (Phi) is 5.21. The van der Waals surface area contributed by atoms with Crippen LogP contribution >= 0.6 is 0 Å². The minimum absolute atomic E-state index is 0.0968. The first-order valence-corrected chi connectivity index (χ1v) is 15.7. The third-order valence-electron chi connectivity index (χ3n) is 9.85. The molecule has 0 aromatic heterocycles. The van der Waals surface area contributed by atoms with Gasteiger partial charge in [-0.25, -0.2) is 0 Å². The fourth-order valence-electron chi connectivity index (χ4n) is 7.81. The van der Waals surface area contributed by atoms with Crippen molar-refractivity contribution in [2.24, 2.45) is 0 Å². The van der Waals surface area contributed by atoms with E-state index in [9.17, 15) is 0 Å². The minimum atomic E-state index is 0.0968. The molecule has 6 aromatic carbocycles. The zero-order valence-electron chi connectivity index (χ0n) is 25.6. The maximum atomic E-state index is 2.51. The van der Waals surface area contributed by atoms with Crippen molar-refractivity contribution in [3.05, 3.63) is 139 Å². The van der Waals surface area contributed by atoms with E-state index in [-0.39, 0.29) is 12.1 Å². The number of rotatable bonds is 2. The number of aryl methyl sites for hydroxylation is 1. The largest absolute Gasteiger partial charge is 0.311 e. The molecule has 210 valence electrons. The molecule has 0 saturated carbocycles. The lowest BCUT2D eigenvalue weighted by molar-refractivity contribution is 0.590. The van der Waals surface area contributed by atoms with Crippen LogP contribution in [0, 0.1) is 6.92 Å². The van der Waals surface area contributed by atoms with Crippen LogP contribution in [0.15, 0.2) is 127 Å². The monoisotopic (exact) mass is 564 g/mol. The Hall–Kier alpha value is -5.02. The third-order valence-corrected chi connectivity index (χ3v) is 9.85. The van der Waals surface area contributed by atoms with E-state index in [2.05, 4.69) is 165 Å². The highest BCUT2D eigenvalue weighted by molar-refractivity contribution is 7.02. The predicted octanol–water partition coefficient (Wildman–Crippen LogP) is 9.02. The van der Waals surface area contributed by atoms with E-state index < -0.39 is 0 Å². The highest BCUT2D eigenvalue weighted by atomic mass is 15.2. The van der Waals surface area contributed by atoms with Crippen molar-refractivity contribution < 1.29 is 0 Å². The van der Waals surface area contributed by atoms with Gasteiger partial charge >= 0.3 is 0 Å². The lowest BCUT2D eigenvalue weighted by Gasteiger charge is -2.44. The first-order chi connectivity index (χ1) is 21.4. The number of nitrogens with zero attached hydrogens (tertiary/aromatic N) is 2. The van der Waals surface area contributed by atoms with Gasteiger partial charge in [-0.2, -0.15) is 0 Å². The standard InChI is InChI=1S/C41H33BN2/c1-26-18-22-28(23-19-26)43-34-14-7-12-32-30-10-5-6-11-31(30)33-13-8-15-35-39(33)42(38(32)34)40-36(43)16-9-17-37(40)44(35)29-24-20-27(21-25-29)41(2,3)4/h5-25H,1-4H3. The number of hydrogen-bond donors (Lipinski definition) is 0. The van der Waals surface area contributed by atoms with Crippen LogP contribution in [-0.2, 0) is 5.41 Å². The topological polar surface area (TPSA) is 6.48 Å². The average molecular weight is 565 g/mol. The van der Waals surface area contributed by atoms with Gasteiger partial charge in [0.05, 0.1) is 0 Å². The van der Waals surface area contributed by atoms with Gasteiger partial charge in [0.25, 0.3) is 6.71 Å². The summed E-state index contributed by atoms with van der Waals surface area (Å²) in [5.74, 6) is 0. The van der Waals surface area contributed by atoms with Gasteiger partial charge in [0.2, 0.25) is 0 Å². The van der Waals surface area contributed by atoms with Crippen LogP contribution in [0.3, 0.4) is 0 Å². The Labute approximate surface area is 260 Å². The minimum Gasteiger partial charge on any atom is -0.311 e. The van der Waals surface area contributed by atoms with Gasteiger partial charge in [-0.1, -0.05) is 105 Å². The van der Waals surface area contributed by atoms with E-state index in [1.807, 2.05) is 0 Å². The second-order valence-electron chi connectivity index (χ2n) is 13.5. The van der Waals surface area contributed by atoms with E-state index >= 15 is 0 Å². The van der Waals surface area contributed by atoms with Crippen LogP contribution in [0.2, 0.25) is 0 Å². The Morgan fingerprint density at radius 2 is 0.841 bits per heavy atom. The molecule has 0 saturated heterocycles. The molecule has 2 nitrogen and oxygen atoms in total. The van der Waals surface area contributed by atoms with Gasteiger partial charge in [-0.3, -0.25) is 0 Å². The summed E-state index contributed by atoms with van der Waals surface area (Å²) in [5.41, 5.74) is 19.6. The van der Waals surface area contributed by atoms with Crippen molar-refractivity contribution >= 4 is 57.2 Å². The van der Waals surface area contributed by atoms with Crippen LogP contribution in [0.5, 0.6) is 0 Å². The second kappa shape index (κ2) is 9.00. The lowest BCUT2D eigenvalue weighted by atomic mass is 9.32. The van der Waals surface area contributed by atoms with Gasteiger partial charge in [-0.05, 0) is 105 Å². The summed E-state index contributed by atoms with van der Waals surface area (Å²) in [4.78, 5) is 5.01. The van der Waals surface area contributed by atoms with Gasteiger partial charge in [0.15, 0.2) is 0 Å². The molecule has 3 aliphatic rings. The zero-order valence-corrected chi connectivity index (χ0v) is 25.6. The SMILES string of the molecule is Cc1ccc(N2c3cccc4c3B3c5c(cccc5N(c5ccc(C(C)(C)C)cc5)c5cccc2c53)-c2ccccc2-4)cc1. The van der Waals surface area contributed by atoms with Crippen molar-refractivity contribution in [2.75, 3.05) is 9.80 Å². The third kappa shape index (κ3) is 3.44. The van der Waals surface area contributed by atoms with Crippen molar-refractivity contribution in [1.29, 1.82) is 0 Å². The zero-order chi connectivity index (χ0) is 29.7. The van der Waals surface area contributed by atoms with Crippen molar-refractivity contribution in [3.8, 4) is 22.3 Å². The predicted molar refractivity (Wildman–Crippen MR) is 188 cm³/mol. The molecule has 0 spiro atoms. The molecule has 3 aliphatic heterocycles. The van der Waals surface area contributed by atoms with E-state index in [1.54, 1.807) is 0 Å². The van der Waals surface area contributed by atoms with Crippen LogP contribution < -0.4 is 26.2 Å². The molecule has 0 amide bonds.